The minimum Gasteiger partial charge on any atom is -0.329 e. The van der Waals surface area contributed by atoms with E-state index in [1.807, 2.05) is 0 Å². The number of rotatable bonds is 4. The standard InChI is InChI=1S/C10H20N4O2S.ClH/c1-7(6-11)14(5)17(15,16)10-8(2)12-13(4)9(10)3;/h7H,6,11H2,1-5H3;1H. The topological polar surface area (TPSA) is 81.2 Å². The number of likely N-dealkylation sites (N-methyl/N-ethyl adjacent to an activating group) is 1. The molecule has 0 aliphatic heterocycles. The van der Waals surface area contributed by atoms with Crippen LogP contribution in [0.4, 0.5) is 0 Å². The van der Waals surface area contributed by atoms with E-state index in [1.165, 1.54) is 4.31 Å². The molecule has 18 heavy (non-hydrogen) atoms. The first-order valence-electron chi connectivity index (χ1n) is 5.41. The van der Waals surface area contributed by atoms with Crippen molar-refractivity contribution in [1.82, 2.24) is 14.1 Å². The van der Waals surface area contributed by atoms with Crippen molar-refractivity contribution in [2.45, 2.75) is 31.7 Å². The Kier molecular flexibility index (Phi) is 5.80. The second-order valence-electron chi connectivity index (χ2n) is 4.23. The molecule has 0 fully saturated rings. The molecule has 0 saturated heterocycles. The smallest absolute Gasteiger partial charge is 0.246 e. The molecule has 1 aromatic rings. The van der Waals surface area contributed by atoms with Gasteiger partial charge < -0.3 is 5.73 Å². The van der Waals surface area contributed by atoms with Crippen LogP contribution < -0.4 is 5.73 Å². The zero-order valence-corrected chi connectivity index (χ0v) is 13.0. The number of aryl methyl sites for hydroxylation is 2. The Hall–Kier alpha value is -0.630. The largest absolute Gasteiger partial charge is 0.329 e. The Balaban J connectivity index is 0.00000289. The predicted molar refractivity (Wildman–Crippen MR) is 73.4 cm³/mol. The van der Waals surface area contributed by atoms with Gasteiger partial charge in [-0.15, -0.1) is 12.4 Å². The van der Waals surface area contributed by atoms with Crippen LogP contribution in [0.2, 0.25) is 0 Å². The maximum atomic E-state index is 12.4. The van der Waals surface area contributed by atoms with E-state index in [2.05, 4.69) is 5.10 Å². The van der Waals surface area contributed by atoms with Crippen molar-refractivity contribution < 1.29 is 8.42 Å². The van der Waals surface area contributed by atoms with Crippen molar-refractivity contribution in [3.05, 3.63) is 11.4 Å². The maximum Gasteiger partial charge on any atom is 0.246 e. The van der Waals surface area contributed by atoms with Crippen molar-refractivity contribution in [3.63, 3.8) is 0 Å². The molecule has 1 atom stereocenters. The van der Waals surface area contributed by atoms with Gasteiger partial charge in [-0.2, -0.15) is 9.40 Å². The zero-order chi connectivity index (χ0) is 13.4. The fourth-order valence-corrected chi connectivity index (χ4v) is 3.42. The Morgan fingerprint density at radius 1 is 1.44 bits per heavy atom. The molecule has 2 N–H and O–H groups in total. The van der Waals surface area contributed by atoms with Gasteiger partial charge in [-0.1, -0.05) is 0 Å². The highest BCUT2D eigenvalue weighted by Crippen LogP contribution is 2.23. The van der Waals surface area contributed by atoms with E-state index in [1.54, 1.807) is 39.5 Å². The molecule has 0 spiro atoms. The Morgan fingerprint density at radius 3 is 2.28 bits per heavy atom. The molecule has 0 saturated carbocycles. The van der Waals surface area contributed by atoms with Crippen LogP contribution in [0.1, 0.15) is 18.3 Å². The molecule has 1 aromatic heterocycles. The lowest BCUT2D eigenvalue weighted by Crippen LogP contribution is -2.40. The number of halogens is 1. The highest BCUT2D eigenvalue weighted by Gasteiger charge is 2.30. The van der Waals surface area contributed by atoms with Crippen LogP contribution >= 0.6 is 12.4 Å². The number of sulfonamides is 1. The summed E-state index contributed by atoms with van der Waals surface area (Å²) in [6.45, 7) is 5.50. The van der Waals surface area contributed by atoms with Gasteiger partial charge in [0.05, 0.1) is 11.4 Å². The highest BCUT2D eigenvalue weighted by molar-refractivity contribution is 7.89. The third-order valence-corrected chi connectivity index (χ3v) is 5.27. The third-order valence-electron chi connectivity index (χ3n) is 3.04. The molecule has 0 aromatic carbocycles. The Bertz CT molecular complexity index is 512. The van der Waals surface area contributed by atoms with Crippen LogP contribution in [0, 0.1) is 13.8 Å². The van der Waals surface area contributed by atoms with Gasteiger partial charge in [0, 0.05) is 26.7 Å². The summed E-state index contributed by atoms with van der Waals surface area (Å²) in [5.74, 6) is 0. The van der Waals surface area contributed by atoms with Gasteiger partial charge in [-0.3, -0.25) is 4.68 Å². The summed E-state index contributed by atoms with van der Waals surface area (Å²) in [7, 11) is -0.251. The number of aromatic nitrogens is 2. The monoisotopic (exact) mass is 296 g/mol. The molecule has 0 amide bonds. The lowest BCUT2D eigenvalue weighted by Gasteiger charge is -2.23. The SMILES string of the molecule is Cc1nn(C)c(C)c1S(=O)(=O)N(C)C(C)CN.Cl. The van der Waals surface area contributed by atoms with Crippen LogP contribution in [0.25, 0.3) is 0 Å². The fraction of sp³-hybridized carbons (Fsp3) is 0.700. The van der Waals surface area contributed by atoms with Crippen LogP contribution in [0.5, 0.6) is 0 Å². The van der Waals surface area contributed by atoms with E-state index in [0.717, 1.165) is 0 Å². The molecule has 0 aliphatic carbocycles. The quantitative estimate of drug-likeness (QED) is 0.873. The predicted octanol–water partition coefficient (Wildman–Crippen LogP) is 0.426. The summed E-state index contributed by atoms with van der Waals surface area (Å²) >= 11 is 0. The summed E-state index contributed by atoms with van der Waals surface area (Å²) in [4.78, 5) is 0.280. The fourth-order valence-electron chi connectivity index (χ4n) is 1.66. The van der Waals surface area contributed by atoms with Crippen LogP contribution in [-0.2, 0) is 17.1 Å². The lowest BCUT2D eigenvalue weighted by molar-refractivity contribution is 0.394. The summed E-state index contributed by atoms with van der Waals surface area (Å²) in [5.41, 5.74) is 6.65. The summed E-state index contributed by atoms with van der Waals surface area (Å²) < 4.78 is 27.7. The minimum atomic E-state index is -3.52. The van der Waals surface area contributed by atoms with E-state index >= 15 is 0 Å². The van der Waals surface area contributed by atoms with Crippen molar-refractivity contribution in [3.8, 4) is 0 Å². The molecule has 8 heteroatoms. The van der Waals surface area contributed by atoms with Crippen molar-refractivity contribution in [2.75, 3.05) is 13.6 Å². The van der Waals surface area contributed by atoms with Gasteiger partial charge in [0.25, 0.3) is 0 Å². The van der Waals surface area contributed by atoms with Gasteiger partial charge in [0.2, 0.25) is 10.0 Å². The molecular weight excluding hydrogens is 276 g/mol. The first kappa shape index (κ1) is 17.4. The van der Waals surface area contributed by atoms with Gasteiger partial charge >= 0.3 is 0 Å². The summed E-state index contributed by atoms with van der Waals surface area (Å²) in [6.07, 6.45) is 0. The molecular formula is C10H21ClN4O2S. The first-order valence-corrected chi connectivity index (χ1v) is 6.85. The minimum absolute atomic E-state index is 0. The van der Waals surface area contributed by atoms with Gasteiger partial charge in [0.1, 0.15) is 4.90 Å². The molecule has 1 unspecified atom stereocenters. The molecule has 1 rings (SSSR count). The van der Waals surface area contributed by atoms with Crippen LogP contribution in [0.15, 0.2) is 4.90 Å². The zero-order valence-electron chi connectivity index (χ0n) is 11.3. The lowest BCUT2D eigenvalue weighted by atomic mass is 10.4. The number of nitrogens with zero attached hydrogens (tertiary/aromatic N) is 3. The van der Waals surface area contributed by atoms with Gasteiger partial charge in [-0.25, -0.2) is 8.42 Å². The average molecular weight is 297 g/mol. The molecule has 1 heterocycles. The van der Waals surface area contributed by atoms with E-state index in [4.69, 9.17) is 5.73 Å². The van der Waals surface area contributed by atoms with E-state index in [9.17, 15) is 8.42 Å². The summed E-state index contributed by atoms with van der Waals surface area (Å²) in [5, 5.41) is 4.12. The molecule has 0 bridgehead atoms. The molecule has 106 valence electrons. The average Bonchev–Trinajstić information content (AvgIpc) is 2.51. The third kappa shape index (κ3) is 2.85. The number of hydrogen-bond acceptors (Lipinski definition) is 4. The molecule has 6 nitrogen and oxygen atoms in total. The van der Waals surface area contributed by atoms with Crippen LogP contribution in [0.3, 0.4) is 0 Å². The number of hydrogen-bond donors (Lipinski definition) is 1. The highest BCUT2D eigenvalue weighted by atomic mass is 35.5. The van der Waals surface area contributed by atoms with Gasteiger partial charge in [-0.05, 0) is 20.8 Å². The van der Waals surface area contributed by atoms with E-state index < -0.39 is 10.0 Å². The molecule has 0 aliphatic rings. The summed E-state index contributed by atoms with van der Waals surface area (Å²) in [6, 6.07) is -0.237. The molecule has 0 radical (unpaired) electrons. The number of nitrogens with two attached hydrogens (primary N) is 1. The first-order chi connectivity index (χ1) is 7.73. The second kappa shape index (κ2) is 6.01. The Labute approximate surface area is 115 Å². The normalized spacial score (nSPS) is 13.5. The van der Waals surface area contributed by atoms with Crippen molar-refractivity contribution >= 4 is 22.4 Å². The Morgan fingerprint density at radius 2 is 1.94 bits per heavy atom. The van der Waals surface area contributed by atoms with E-state index in [0.29, 0.717) is 11.4 Å². The second-order valence-corrected chi connectivity index (χ2v) is 6.16. The van der Waals surface area contributed by atoms with Crippen molar-refractivity contribution in [1.29, 1.82) is 0 Å². The maximum absolute atomic E-state index is 12.4. The van der Waals surface area contributed by atoms with Crippen molar-refractivity contribution in [2.24, 2.45) is 12.8 Å². The van der Waals surface area contributed by atoms with E-state index in [-0.39, 0.29) is 29.9 Å². The van der Waals surface area contributed by atoms with Gasteiger partial charge in [0.15, 0.2) is 0 Å². The van der Waals surface area contributed by atoms with Crippen LogP contribution in [-0.4, -0.2) is 42.1 Å².